The van der Waals surface area contributed by atoms with Crippen molar-refractivity contribution in [3.05, 3.63) is 53.1 Å². The van der Waals surface area contributed by atoms with Gasteiger partial charge in [-0.25, -0.2) is 0 Å². The molecule has 0 spiro atoms. The van der Waals surface area contributed by atoms with Gasteiger partial charge in [0, 0.05) is 18.6 Å². The molecule has 1 N–H and O–H groups in total. The molecule has 0 fully saturated rings. The average molecular weight is 423 g/mol. The summed E-state index contributed by atoms with van der Waals surface area (Å²) in [5.41, 5.74) is 4.96. The van der Waals surface area contributed by atoms with E-state index >= 15 is 0 Å². The van der Waals surface area contributed by atoms with Crippen LogP contribution in [0.4, 0.5) is 5.69 Å². The van der Waals surface area contributed by atoms with Gasteiger partial charge in [-0.1, -0.05) is 0 Å². The Hall–Kier alpha value is -2.92. The number of nitrogens with one attached hydrogen (secondary N) is 1. The Bertz CT molecular complexity index is 1120. The Morgan fingerprint density at radius 3 is 2.16 bits per heavy atom. The van der Waals surface area contributed by atoms with Crippen LogP contribution in [0.15, 0.2) is 36.4 Å². The molecule has 1 aliphatic rings. The van der Waals surface area contributed by atoms with E-state index in [-0.39, 0.29) is 6.04 Å². The maximum Gasteiger partial charge on any atom is 0.140 e. The van der Waals surface area contributed by atoms with Gasteiger partial charge in [-0.3, -0.25) is 4.90 Å². The second kappa shape index (κ2) is 8.31. The SMILES string of the molecule is COc1cc2c(c(OC)c1)C(C)[NH+](c1ccc(OC)c3c(OC)cc(C)cc13)[C@@H](C)C2. The molecular weight excluding hydrogens is 390 g/mol. The number of hydrogen-bond donors (Lipinski definition) is 1. The minimum absolute atomic E-state index is 0.211. The van der Waals surface area contributed by atoms with E-state index in [1.165, 1.54) is 32.7 Å². The van der Waals surface area contributed by atoms with E-state index in [1.807, 2.05) is 6.07 Å². The molecular formula is C26H32NO4+. The first kappa shape index (κ1) is 21.3. The summed E-state index contributed by atoms with van der Waals surface area (Å²) in [7, 11) is 6.86. The van der Waals surface area contributed by atoms with Crippen molar-refractivity contribution in [1.82, 2.24) is 0 Å². The fourth-order valence-corrected chi connectivity index (χ4v) is 5.26. The second-order valence-corrected chi connectivity index (χ2v) is 8.39. The zero-order valence-corrected chi connectivity index (χ0v) is 19.5. The third-order valence-electron chi connectivity index (χ3n) is 6.55. The largest absolute Gasteiger partial charge is 0.497 e. The highest BCUT2D eigenvalue weighted by Gasteiger charge is 2.38. The van der Waals surface area contributed by atoms with Gasteiger partial charge in [0.1, 0.15) is 34.7 Å². The van der Waals surface area contributed by atoms with Crippen LogP contribution in [0.2, 0.25) is 0 Å². The Kier molecular flexibility index (Phi) is 5.71. The zero-order valence-electron chi connectivity index (χ0n) is 19.5. The quantitative estimate of drug-likeness (QED) is 0.662. The van der Waals surface area contributed by atoms with Crippen LogP contribution < -0.4 is 23.8 Å². The minimum atomic E-state index is 0.211. The van der Waals surface area contributed by atoms with Gasteiger partial charge in [-0.05, 0) is 56.2 Å². The normalized spacial score (nSPS) is 20.3. The summed E-state index contributed by atoms with van der Waals surface area (Å²) >= 11 is 0. The van der Waals surface area contributed by atoms with Gasteiger partial charge < -0.3 is 18.9 Å². The van der Waals surface area contributed by atoms with E-state index in [2.05, 4.69) is 51.1 Å². The van der Waals surface area contributed by atoms with Gasteiger partial charge in [0.05, 0.1) is 50.8 Å². The van der Waals surface area contributed by atoms with Crippen molar-refractivity contribution in [3.63, 3.8) is 0 Å². The molecule has 3 atom stereocenters. The van der Waals surface area contributed by atoms with Crippen molar-refractivity contribution < 1.29 is 23.8 Å². The topological polar surface area (TPSA) is 41.4 Å². The van der Waals surface area contributed by atoms with Crippen molar-refractivity contribution in [3.8, 4) is 23.0 Å². The molecule has 0 amide bonds. The number of methoxy groups -OCH3 is 4. The predicted molar refractivity (Wildman–Crippen MR) is 124 cm³/mol. The van der Waals surface area contributed by atoms with Crippen LogP contribution in [0.1, 0.15) is 36.6 Å². The van der Waals surface area contributed by atoms with Gasteiger partial charge >= 0.3 is 0 Å². The van der Waals surface area contributed by atoms with Crippen molar-refractivity contribution >= 4 is 16.5 Å². The molecule has 0 aliphatic carbocycles. The zero-order chi connectivity index (χ0) is 22.3. The van der Waals surface area contributed by atoms with Crippen LogP contribution in [0, 0.1) is 6.92 Å². The molecule has 2 unspecified atom stereocenters. The van der Waals surface area contributed by atoms with Crippen LogP contribution in [-0.2, 0) is 6.42 Å². The minimum Gasteiger partial charge on any atom is -0.497 e. The molecule has 1 aliphatic heterocycles. The summed E-state index contributed by atoms with van der Waals surface area (Å²) in [6, 6.07) is 13.3. The van der Waals surface area contributed by atoms with Crippen LogP contribution >= 0.6 is 0 Å². The monoisotopic (exact) mass is 422 g/mol. The van der Waals surface area contributed by atoms with Crippen LogP contribution in [0.3, 0.4) is 0 Å². The first-order valence-electron chi connectivity index (χ1n) is 10.7. The van der Waals surface area contributed by atoms with Crippen LogP contribution in [-0.4, -0.2) is 34.5 Å². The van der Waals surface area contributed by atoms with E-state index < -0.39 is 0 Å². The van der Waals surface area contributed by atoms with E-state index in [4.69, 9.17) is 18.9 Å². The number of hydrogen-bond acceptors (Lipinski definition) is 4. The maximum atomic E-state index is 5.79. The fraction of sp³-hybridized carbons (Fsp3) is 0.385. The Morgan fingerprint density at radius 2 is 1.52 bits per heavy atom. The van der Waals surface area contributed by atoms with E-state index in [1.54, 1.807) is 28.4 Å². The number of quaternary nitrogens is 1. The molecule has 1 heterocycles. The van der Waals surface area contributed by atoms with Crippen molar-refractivity contribution in [2.75, 3.05) is 28.4 Å². The van der Waals surface area contributed by atoms with Crippen molar-refractivity contribution in [2.24, 2.45) is 0 Å². The summed E-state index contributed by atoms with van der Waals surface area (Å²) in [4.78, 5) is 1.41. The molecule has 0 bridgehead atoms. The van der Waals surface area contributed by atoms with Gasteiger partial charge in [0.2, 0.25) is 0 Å². The molecule has 0 aromatic heterocycles. The lowest BCUT2D eigenvalue weighted by Gasteiger charge is -2.38. The Morgan fingerprint density at radius 1 is 0.806 bits per heavy atom. The van der Waals surface area contributed by atoms with E-state index in [9.17, 15) is 0 Å². The summed E-state index contributed by atoms with van der Waals surface area (Å²) in [6.45, 7) is 6.69. The summed E-state index contributed by atoms with van der Waals surface area (Å²) in [6.07, 6.45) is 0.943. The average Bonchev–Trinajstić information content (AvgIpc) is 2.77. The van der Waals surface area contributed by atoms with Gasteiger partial charge in [0.25, 0.3) is 0 Å². The van der Waals surface area contributed by atoms with Crippen molar-refractivity contribution in [2.45, 2.75) is 39.3 Å². The molecule has 4 rings (SSSR count). The van der Waals surface area contributed by atoms with Gasteiger partial charge in [0.15, 0.2) is 0 Å². The lowest BCUT2D eigenvalue weighted by Crippen LogP contribution is -3.12. The molecule has 0 radical (unpaired) electrons. The Labute approximate surface area is 184 Å². The molecule has 0 saturated heterocycles. The van der Waals surface area contributed by atoms with E-state index in [0.717, 1.165) is 34.8 Å². The first-order valence-corrected chi connectivity index (χ1v) is 10.7. The Balaban J connectivity index is 1.94. The molecule has 164 valence electrons. The number of fused-ring (bicyclic) bond motifs is 2. The third-order valence-corrected chi connectivity index (χ3v) is 6.55. The highest BCUT2D eigenvalue weighted by atomic mass is 16.5. The lowest BCUT2D eigenvalue weighted by molar-refractivity contribution is -0.891. The third kappa shape index (κ3) is 3.47. The molecule has 5 heteroatoms. The molecule has 0 saturated carbocycles. The summed E-state index contributed by atoms with van der Waals surface area (Å²) in [5.74, 6) is 3.40. The van der Waals surface area contributed by atoms with E-state index in [0.29, 0.717) is 6.04 Å². The maximum absolute atomic E-state index is 5.79. The standard InChI is InChI=1S/C26H31NO4/c1-15-10-20-21(8-9-22(29-5)26(20)23(11-15)30-6)27-16(2)12-18-13-19(28-4)14-24(31-7)25(18)17(27)3/h8-11,13-14,16-17H,12H2,1-7H3/p+1/t16-,17?/m0/s1. The van der Waals surface area contributed by atoms with Crippen molar-refractivity contribution in [1.29, 1.82) is 0 Å². The second-order valence-electron chi connectivity index (χ2n) is 8.39. The summed E-state index contributed by atoms with van der Waals surface area (Å²) in [5, 5.41) is 2.19. The number of aryl methyl sites for hydroxylation is 1. The lowest BCUT2D eigenvalue weighted by atomic mass is 9.87. The van der Waals surface area contributed by atoms with Crippen LogP contribution in [0.25, 0.3) is 10.8 Å². The molecule has 31 heavy (non-hydrogen) atoms. The molecule has 3 aromatic rings. The highest BCUT2D eigenvalue weighted by Crippen LogP contribution is 2.40. The first-order chi connectivity index (χ1) is 14.9. The number of benzene rings is 3. The predicted octanol–water partition coefficient (Wildman–Crippen LogP) is 4.40. The summed E-state index contributed by atoms with van der Waals surface area (Å²) < 4.78 is 22.7. The highest BCUT2D eigenvalue weighted by molar-refractivity contribution is 6.00. The molecule has 5 nitrogen and oxygen atoms in total. The fourth-order valence-electron chi connectivity index (χ4n) is 5.26. The van der Waals surface area contributed by atoms with Gasteiger partial charge in [-0.2, -0.15) is 0 Å². The molecule has 3 aromatic carbocycles. The smallest absolute Gasteiger partial charge is 0.140 e. The number of rotatable bonds is 5. The van der Waals surface area contributed by atoms with Crippen LogP contribution in [0.5, 0.6) is 23.0 Å². The number of ether oxygens (including phenoxy) is 4. The van der Waals surface area contributed by atoms with Gasteiger partial charge in [-0.15, -0.1) is 0 Å².